The van der Waals surface area contributed by atoms with Crippen LogP contribution in [-0.4, -0.2) is 40.3 Å². The third kappa shape index (κ3) is 2.93. The maximum absolute atomic E-state index is 13.0. The van der Waals surface area contributed by atoms with Crippen molar-refractivity contribution in [3.05, 3.63) is 0 Å². The fourth-order valence-corrected chi connectivity index (χ4v) is 4.50. The Labute approximate surface area is 132 Å². The first-order chi connectivity index (χ1) is 10.1. The van der Waals surface area contributed by atoms with Gasteiger partial charge < -0.3 is 14.9 Å². The van der Waals surface area contributed by atoms with E-state index in [9.17, 15) is 19.8 Å². The molecule has 0 aromatic heterocycles. The van der Waals surface area contributed by atoms with E-state index in [4.69, 9.17) is 4.74 Å². The highest BCUT2D eigenvalue weighted by atomic mass is 16.5. The highest BCUT2D eigenvalue weighted by Crippen LogP contribution is 2.54. The van der Waals surface area contributed by atoms with Gasteiger partial charge in [-0.2, -0.15) is 0 Å². The summed E-state index contributed by atoms with van der Waals surface area (Å²) in [6, 6.07) is 0. The largest absolute Gasteiger partial charge is 0.466 e. The molecule has 5 heteroatoms. The molecule has 5 nitrogen and oxygen atoms in total. The molecular formula is C17H28O5. The molecule has 2 N–H and O–H groups in total. The van der Waals surface area contributed by atoms with Gasteiger partial charge in [0, 0.05) is 18.3 Å². The zero-order valence-corrected chi connectivity index (χ0v) is 14.0. The van der Waals surface area contributed by atoms with Crippen LogP contribution in [-0.2, 0) is 14.3 Å². The Bertz CT molecular complexity index is 458. The van der Waals surface area contributed by atoms with Crippen molar-refractivity contribution in [1.82, 2.24) is 0 Å². The Morgan fingerprint density at radius 2 is 2.00 bits per heavy atom. The number of ether oxygens (including phenoxy) is 1. The van der Waals surface area contributed by atoms with E-state index in [-0.39, 0.29) is 30.2 Å². The molecule has 126 valence electrons. The molecule has 0 amide bonds. The molecule has 2 rings (SSSR count). The predicted octanol–water partition coefficient (Wildman–Crippen LogP) is 1.69. The van der Waals surface area contributed by atoms with Crippen LogP contribution in [0.3, 0.4) is 0 Å². The van der Waals surface area contributed by atoms with E-state index in [0.29, 0.717) is 25.7 Å². The first-order valence-electron chi connectivity index (χ1n) is 8.17. The zero-order valence-electron chi connectivity index (χ0n) is 14.0. The monoisotopic (exact) mass is 312 g/mol. The standard InChI is InChI=1S/C17H28O5/c1-10(9-22-11(2)18)12-5-7-16(3)13(19)6-8-17(4,21)15(16)14(12)20/h10,12-13,15,19,21H,5-9H2,1-4H3/t10-,12+,13-,15?,16+,17-/m1/s1. The SMILES string of the molecule is CC(=O)OC[C@@H](C)[C@@H]1CC[C@]2(C)C(C1=O)[C@](C)(O)CC[C@H]2O. The number of esters is 1. The number of hydrogen-bond donors (Lipinski definition) is 2. The van der Waals surface area contributed by atoms with Gasteiger partial charge in [0.2, 0.25) is 0 Å². The number of hydrogen-bond acceptors (Lipinski definition) is 5. The summed E-state index contributed by atoms with van der Waals surface area (Å²) < 4.78 is 5.04. The van der Waals surface area contributed by atoms with E-state index in [0.717, 1.165) is 0 Å². The lowest BCUT2D eigenvalue weighted by Crippen LogP contribution is -2.61. The van der Waals surface area contributed by atoms with Gasteiger partial charge in [-0.05, 0) is 38.5 Å². The fraction of sp³-hybridized carbons (Fsp3) is 0.882. The molecular weight excluding hydrogens is 284 g/mol. The van der Waals surface area contributed by atoms with Gasteiger partial charge in [-0.25, -0.2) is 0 Å². The summed E-state index contributed by atoms with van der Waals surface area (Å²) in [6.45, 7) is 7.11. The van der Waals surface area contributed by atoms with Crippen molar-refractivity contribution in [2.75, 3.05) is 6.61 Å². The second-order valence-corrected chi connectivity index (χ2v) is 7.68. The van der Waals surface area contributed by atoms with Crippen molar-refractivity contribution in [3.8, 4) is 0 Å². The zero-order chi connectivity index (χ0) is 16.7. The lowest BCUT2D eigenvalue weighted by molar-refractivity contribution is -0.186. The molecule has 0 aromatic carbocycles. The molecule has 0 radical (unpaired) electrons. The first kappa shape index (κ1) is 17.4. The minimum absolute atomic E-state index is 0.0113. The van der Waals surface area contributed by atoms with Gasteiger partial charge in [-0.3, -0.25) is 9.59 Å². The fourth-order valence-electron chi connectivity index (χ4n) is 4.50. The highest BCUT2D eigenvalue weighted by Gasteiger charge is 2.59. The molecule has 1 unspecified atom stereocenters. The maximum Gasteiger partial charge on any atom is 0.302 e. The van der Waals surface area contributed by atoms with Crippen molar-refractivity contribution >= 4 is 11.8 Å². The van der Waals surface area contributed by atoms with E-state index in [1.54, 1.807) is 6.92 Å². The molecule has 22 heavy (non-hydrogen) atoms. The minimum atomic E-state index is -1.08. The third-order valence-corrected chi connectivity index (χ3v) is 5.85. The minimum Gasteiger partial charge on any atom is -0.466 e. The van der Waals surface area contributed by atoms with Crippen LogP contribution in [0, 0.1) is 23.2 Å². The summed E-state index contributed by atoms with van der Waals surface area (Å²) in [7, 11) is 0. The topological polar surface area (TPSA) is 83.8 Å². The molecule has 0 saturated heterocycles. The normalized spacial score (nSPS) is 43.4. The van der Waals surface area contributed by atoms with Crippen LogP contribution >= 0.6 is 0 Å². The van der Waals surface area contributed by atoms with Gasteiger partial charge in [0.05, 0.1) is 24.2 Å². The number of fused-ring (bicyclic) bond motifs is 1. The van der Waals surface area contributed by atoms with Crippen LogP contribution < -0.4 is 0 Å². The number of carbonyl (C=O) groups excluding carboxylic acids is 2. The summed E-state index contributed by atoms with van der Waals surface area (Å²) in [5, 5.41) is 21.1. The molecule has 0 spiro atoms. The number of carbonyl (C=O) groups is 2. The van der Waals surface area contributed by atoms with Gasteiger partial charge in [-0.15, -0.1) is 0 Å². The number of aliphatic hydroxyl groups excluding tert-OH is 1. The number of Topliss-reactive ketones (excluding diaryl/α,β-unsaturated/α-hetero) is 1. The van der Waals surface area contributed by atoms with E-state index in [1.807, 2.05) is 13.8 Å². The molecule has 0 heterocycles. The van der Waals surface area contributed by atoms with Crippen molar-refractivity contribution in [2.24, 2.45) is 23.2 Å². The van der Waals surface area contributed by atoms with Crippen LogP contribution in [0.15, 0.2) is 0 Å². The maximum atomic E-state index is 13.0. The van der Waals surface area contributed by atoms with E-state index in [2.05, 4.69) is 0 Å². The van der Waals surface area contributed by atoms with Crippen LogP contribution in [0.5, 0.6) is 0 Å². The second-order valence-electron chi connectivity index (χ2n) is 7.68. The third-order valence-electron chi connectivity index (χ3n) is 5.85. The summed E-state index contributed by atoms with van der Waals surface area (Å²) >= 11 is 0. The Hall–Kier alpha value is -0.940. The summed E-state index contributed by atoms with van der Waals surface area (Å²) in [4.78, 5) is 24.0. The first-order valence-corrected chi connectivity index (χ1v) is 8.17. The lowest BCUT2D eigenvalue weighted by Gasteiger charge is -2.55. The Balaban J connectivity index is 2.20. The highest BCUT2D eigenvalue weighted by molar-refractivity contribution is 5.86. The molecule has 2 aliphatic rings. The Morgan fingerprint density at radius 3 is 2.59 bits per heavy atom. The van der Waals surface area contributed by atoms with Crippen molar-refractivity contribution in [1.29, 1.82) is 0 Å². The number of aliphatic hydroxyl groups is 2. The van der Waals surface area contributed by atoms with Crippen LogP contribution in [0.25, 0.3) is 0 Å². The van der Waals surface area contributed by atoms with Gasteiger partial charge in [0.1, 0.15) is 5.78 Å². The van der Waals surface area contributed by atoms with Gasteiger partial charge in [0.25, 0.3) is 0 Å². The molecule has 0 aliphatic heterocycles. The van der Waals surface area contributed by atoms with Crippen LogP contribution in [0.1, 0.15) is 53.4 Å². The molecule has 2 fully saturated rings. The lowest BCUT2D eigenvalue weighted by atomic mass is 9.51. The molecule has 0 aromatic rings. The van der Waals surface area contributed by atoms with E-state index < -0.39 is 23.0 Å². The van der Waals surface area contributed by atoms with E-state index in [1.165, 1.54) is 6.92 Å². The van der Waals surface area contributed by atoms with Crippen molar-refractivity contribution in [3.63, 3.8) is 0 Å². The Kier molecular flexibility index (Phi) is 4.69. The second kappa shape index (κ2) is 5.93. The molecule has 2 saturated carbocycles. The molecule has 6 atom stereocenters. The van der Waals surface area contributed by atoms with Crippen molar-refractivity contribution < 1.29 is 24.5 Å². The summed E-state index contributed by atoms with van der Waals surface area (Å²) in [5.41, 5.74) is -1.64. The van der Waals surface area contributed by atoms with Crippen LogP contribution in [0.4, 0.5) is 0 Å². The molecule has 0 bridgehead atoms. The van der Waals surface area contributed by atoms with E-state index >= 15 is 0 Å². The van der Waals surface area contributed by atoms with Crippen LogP contribution in [0.2, 0.25) is 0 Å². The number of ketones is 1. The van der Waals surface area contributed by atoms with Gasteiger partial charge in [-0.1, -0.05) is 13.8 Å². The van der Waals surface area contributed by atoms with Crippen molar-refractivity contribution in [2.45, 2.75) is 65.1 Å². The Morgan fingerprint density at radius 1 is 1.36 bits per heavy atom. The predicted molar refractivity (Wildman–Crippen MR) is 81.0 cm³/mol. The number of rotatable bonds is 3. The van der Waals surface area contributed by atoms with Gasteiger partial charge in [0.15, 0.2) is 0 Å². The smallest absolute Gasteiger partial charge is 0.302 e. The average molecular weight is 312 g/mol. The van der Waals surface area contributed by atoms with Gasteiger partial charge >= 0.3 is 5.97 Å². The molecule has 2 aliphatic carbocycles. The summed E-state index contributed by atoms with van der Waals surface area (Å²) in [5.74, 6) is -1.19. The average Bonchev–Trinajstić information content (AvgIpc) is 2.40. The quantitative estimate of drug-likeness (QED) is 0.775. The summed E-state index contributed by atoms with van der Waals surface area (Å²) in [6.07, 6.45) is 1.79.